The van der Waals surface area contributed by atoms with Crippen LogP contribution in [-0.4, -0.2) is 48.0 Å². The maximum Gasteiger partial charge on any atom is 0.250 e. The topological polar surface area (TPSA) is 64.7 Å². The van der Waals surface area contributed by atoms with Crippen molar-refractivity contribution in [3.05, 3.63) is 65.7 Å². The smallest absolute Gasteiger partial charge is 0.250 e. The van der Waals surface area contributed by atoms with E-state index in [0.29, 0.717) is 19.0 Å². The second-order valence-electron chi connectivity index (χ2n) is 8.11. The highest BCUT2D eigenvalue weighted by atomic mass is 32.1. The quantitative estimate of drug-likeness (QED) is 0.532. The van der Waals surface area contributed by atoms with E-state index in [1.165, 1.54) is 11.6 Å². The number of benzene rings is 2. The number of nitrogens with one attached hydrogen (secondary N) is 2. The minimum atomic E-state index is -0.289. The lowest BCUT2D eigenvalue weighted by molar-refractivity contribution is -0.129. The van der Waals surface area contributed by atoms with E-state index < -0.39 is 0 Å². The molecule has 0 spiro atoms. The Kier molecular flexibility index (Phi) is 8.00. The van der Waals surface area contributed by atoms with Crippen LogP contribution in [0.4, 0.5) is 11.4 Å². The standard InChI is InChI=1S/C25H30N4O2S/c1-18(2)21-11-8-20(9-12-21)10-13-24(31)27-25(32)26-22-6-4-5-7-23(22)29-16-14-28(15-17-29)19(3)30/h4-13,18H,14-17H2,1-3H3,(H2,26,27,31,32)/b13-10+. The van der Waals surface area contributed by atoms with Crippen molar-refractivity contribution in [3.63, 3.8) is 0 Å². The summed E-state index contributed by atoms with van der Waals surface area (Å²) < 4.78 is 0. The third-order valence-corrected chi connectivity index (χ3v) is 5.69. The number of hydrogen-bond acceptors (Lipinski definition) is 4. The van der Waals surface area contributed by atoms with Gasteiger partial charge in [-0.15, -0.1) is 0 Å². The number of piperazine rings is 1. The van der Waals surface area contributed by atoms with E-state index >= 15 is 0 Å². The number of carbonyl (C=O) groups excluding carboxylic acids is 2. The van der Waals surface area contributed by atoms with E-state index in [1.54, 1.807) is 13.0 Å². The fraction of sp³-hybridized carbons (Fsp3) is 0.320. The van der Waals surface area contributed by atoms with Gasteiger partial charge in [-0.25, -0.2) is 0 Å². The van der Waals surface area contributed by atoms with Gasteiger partial charge in [0.05, 0.1) is 11.4 Å². The van der Waals surface area contributed by atoms with Gasteiger partial charge in [-0.2, -0.15) is 0 Å². The molecule has 1 fully saturated rings. The largest absolute Gasteiger partial charge is 0.366 e. The Morgan fingerprint density at radius 1 is 1.00 bits per heavy atom. The van der Waals surface area contributed by atoms with Gasteiger partial charge in [0, 0.05) is 39.2 Å². The maximum atomic E-state index is 12.3. The Morgan fingerprint density at radius 3 is 2.28 bits per heavy atom. The van der Waals surface area contributed by atoms with Crippen LogP contribution < -0.4 is 15.5 Å². The molecule has 0 aromatic heterocycles. The van der Waals surface area contributed by atoms with Crippen LogP contribution in [-0.2, 0) is 9.59 Å². The van der Waals surface area contributed by atoms with E-state index in [-0.39, 0.29) is 16.9 Å². The summed E-state index contributed by atoms with van der Waals surface area (Å²) in [7, 11) is 0. The van der Waals surface area contributed by atoms with Crippen molar-refractivity contribution >= 4 is 46.6 Å². The number of carbonyl (C=O) groups is 2. The highest BCUT2D eigenvalue weighted by Crippen LogP contribution is 2.26. The van der Waals surface area contributed by atoms with Gasteiger partial charge in [0.15, 0.2) is 5.11 Å². The van der Waals surface area contributed by atoms with Crippen LogP contribution in [0.3, 0.4) is 0 Å². The molecule has 1 aliphatic heterocycles. The molecule has 168 valence electrons. The fourth-order valence-electron chi connectivity index (χ4n) is 3.59. The summed E-state index contributed by atoms with van der Waals surface area (Å²) in [6.07, 6.45) is 3.25. The predicted octanol–water partition coefficient (Wildman–Crippen LogP) is 4.00. The van der Waals surface area contributed by atoms with Crippen molar-refractivity contribution in [2.45, 2.75) is 26.7 Å². The molecule has 3 rings (SSSR count). The van der Waals surface area contributed by atoms with Crippen molar-refractivity contribution in [1.29, 1.82) is 0 Å². The predicted molar refractivity (Wildman–Crippen MR) is 135 cm³/mol. The third-order valence-electron chi connectivity index (χ3n) is 5.48. The van der Waals surface area contributed by atoms with E-state index in [4.69, 9.17) is 12.2 Å². The lowest BCUT2D eigenvalue weighted by Crippen LogP contribution is -2.48. The molecular weight excluding hydrogens is 420 g/mol. The van der Waals surface area contributed by atoms with Crippen molar-refractivity contribution in [2.75, 3.05) is 36.4 Å². The number of hydrogen-bond donors (Lipinski definition) is 2. The minimum Gasteiger partial charge on any atom is -0.366 e. The van der Waals surface area contributed by atoms with Crippen LogP contribution in [0.1, 0.15) is 37.8 Å². The van der Waals surface area contributed by atoms with Gasteiger partial charge >= 0.3 is 0 Å². The molecule has 1 aliphatic rings. The van der Waals surface area contributed by atoms with Crippen molar-refractivity contribution in [2.24, 2.45) is 0 Å². The summed E-state index contributed by atoms with van der Waals surface area (Å²) in [5.74, 6) is 0.285. The number of nitrogens with zero attached hydrogens (tertiary/aromatic N) is 2. The molecular formula is C25H30N4O2S. The number of anilines is 2. The molecule has 2 N–H and O–H groups in total. The molecule has 0 saturated carbocycles. The highest BCUT2D eigenvalue weighted by Gasteiger charge is 2.20. The monoisotopic (exact) mass is 450 g/mol. The number of amides is 2. The van der Waals surface area contributed by atoms with Crippen molar-refractivity contribution in [1.82, 2.24) is 10.2 Å². The number of thiocarbonyl (C=S) groups is 1. The molecule has 6 nitrogen and oxygen atoms in total. The number of rotatable bonds is 5. The third kappa shape index (κ3) is 6.40. The van der Waals surface area contributed by atoms with Crippen LogP contribution in [0.25, 0.3) is 6.08 Å². The lowest BCUT2D eigenvalue weighted by atomic mass is 10.0. The van der Waals surface area contributed by atoms with Gasteiger partial charge in [-0.1, -0.05) is 50.2 Å². The van der Waals surface area contributed by atoms with Gasteiger partial charge in [0.2, 0.25) is 11.8 Å². The first-order valence-electron chi connectivity index (χ1n) is 10.8. The van der Waals surface area contributed by atoms with Crippen LogP contribution in [0, 0.1) is 0 Å². The van der Waals surface area contributed by atoms with Crippen LogP contribution in [0.15, 0.2) is 54.6 Å². The first-order valence-corrected chi connectivity index (χ1v) is 11.2. The molecule has 2 amide bonds. The van der Waals surface area contributed by atoms with Gasteiger partial charge < -0.3 is 15.1 Å². The lowest BCUT2D eigenvalue weighted by Gasteiger charge is -2.36. The van der Waals surface area contributed by atoms with Crippen LogP contribution in [0.2, 0.25) is 0 Å². The van der Waals surface area contributed by atoms with E-state index in [9.17, 15) is 9.59 Å². The molecule has 2 aromatic rings. The van der Waals surface area contributed by atoms with E-state index in [1.807, 2.05) is 41.3 Å². The summed E-state index contributed by atoms with van der Waals surface area (Å²) >= 11 is 5.35. The molecule has 32 heavy (non-hydrogen) atoms. The molecule has 0 aliphatic carbocycles. The summed E-state index contributed by atoms with van der Waals surface area (Å²) in [6, 6.07) is 16.0. The Morgan fingerprint density at radius 2 is 1.66 bits per heavy atom. The zero-order chi connectivity index (χ0) is 23.1. The molecule has 1 saturated heterocycles. The average molecular weight is 451 g/mol. The summed E-state index contributed by atoms with van der Waals surface area (Å²) in [5.41, 5.74) is 4.03. The molecule has 7 heteroatoms. The Hall–Kier alpha value is -3.19. The average Bonchev–Trinajstić information content (AvgIpc) is 2.78. The summed E-state index contributed by atoms with van der Waals surface area (Å²) in [4.78, 5) is 27.9. The fourth-order valence-corrected chi connectivity index (χ4v) is 3.80. The second kappa shape index (κ2) is 10.9. The Labute approximate surface area is 195 Å². The highest BCUT2D eigenvalue weighted by molar-refractivity contribution is 7.80. The zero-order valence-electron chi connectivity index (χ0n) is 18.8. The normalized spacial score (nSPS) is 14.0. The van der Waals surface area contributed by atoms with E-state index in [0.717, 1.165) is 30.0 Å². The SMILES string of the molecule is CC(=O)N1CCN(c2ccccc2NC(=S)NC(=O)/C=C/c2ccc(C(C)C)cc2)CC1. The first-order chi connectivity index (χ1) is 15.3. The van der Waals surface area contributed by atoms with Crippen molar-refractivity contribution in [3.8, 4) is 0 Å². The first kappa shape index (κ1) is 23.5. The molecule has 1 heterocycles. The second-order valence-corrected chi connectivity index (χ2v) is 8.52. The maximum absolute atomic E-state index is 12.3. The van der Waals surface area contributed by atoms with Gasteiger partial charge in [-0.05, 0) is 47.5 Å². The van der Waals surface area contributed by atoms with Crippen molar-refractivity contribution < 1.29 is 9.59 Å². The number of para-hydroxylation sites is 2. The minimum absolute atomic E-state index is 0.101. The summed E-state index contributed by atoms with van der Waals surface area (Å²) in [5, 5.41) is 6.08. The van der Waals surface area contributed by atoms with Gasteiger partial charge in [0.1, 0.15) is 0 Å². The molecule has 0 radical (unpaired) electrons. The Bertz CT molecular complexity index is 993. The molecule has 0 bridgehead atoms. The van der Waals surface area contributed by atoms with Gasteiger partial charge in [0.25, 0.3) is 0 Å². The van der Waals surface area contributed by atoms with Gasteiger partial charge in [-0.3, -0.25) is 14.9 Å². The van der Waals surface area contributed by atoms with Crippen LogP contribution in [0.5, 0.6) is 0 Å². The molecule has 0 unspecified atom stereocenters. The summed E-state index contributed by atoms with van der Waals surface area (Å²) in [6.45, 7) is 8.77. The van der Waals surface area contributed by atoms with Crippen LogP contribution >= 0.6 is 12.2 Å². The van der Waals surface area contributed by atoms with E-state index in [2.05, 4.69) is 41.5 Å². The Balaban J connectivity index is 1.57. The molecule has 0 atom stereocenters. The zero-order valence-corrected chi connectivity index (χ0v) is 19.6. The molecule has 2 aromatic carbocycles.